The van der Waals surface area contributed by atoms with E-state index in [0.29, 0.717) is 13.0 Å². The van der Waals surface area contributed by atoms with Crippen molar-refractivity contribution in [3.05, 3.63) is 12.2 Å². The molecule has 32 heavy (non-hydrogen) atoms. The van der Waals surface area contributed by atoms with Gasteiger partial charge in [-0.2, -0.15) is 0 Å². The number of ether oxygens (including phenoxy) is 1. The van der Waals surface area contributed by atoms with E-state index < -0.39 is 0 Å². The van der Waals surface area contributed by atoms with Crippen molar-refractivity contribution >= 4 is 5.97 Å². The Morgan fingerprint density at radius 2 is 0.875 bits per heavy atom. The van der Waals surface area contributed by atoms with E-state index in [0.717, 1.165) is 12.8 Å². The van der Waals surface area contributed by atoms with Gasteiger partial charge in [0.1, 0.15) is 0 Å². The highest BCUT2D eigenvalue weighted by molar-refractivity contribution is 5.69. The van der Waals surface area contributed by atoms with E-state index in [4.69, 9.17) is 4.74 Å². The molecule has 0 N–H and O–H groups in total. The molecule has 0 aromatic carbocycles. The van der Waals surface area contributed by atoms with E-state index in [1.165, 1.54) is 135 Å². The van der Waals surface area contributed by atoms with Crippen molar-refractivity contribution in [2.24, 2.45) is 0 Å². The monoisotopic (exact) mass is 450 g/mol. The molecule has 0 unspecified atom stereocenters. The SMILES string of the molecule is CCCCCCCC/C=C\CCCCCCCCCCCCOC(=O)CCCCCCC. The van der Waals surface area contributed by atoms with Gasteiger partial charge in [0.2, 0.25) is 0 Å². The lowest BCUT2D eigenvalue weighted by molar-refractivity contribution is -0.143. The molecule has 0 amide bonds. The first-order valence-electron chi connectivity index (χ1n) is 14.6. The summed E-state index contributed by atoms with van der Waals surface area (Å²) in [5, 5.41) is 0. The lowest BCUT2D eigenvalue weighted by atomic mass is 10.1. The molecule has 0 fully saturated rings. The van der Waals surface area contributed by atoms with Gasteiger partial charge < -0.3 is 4.74 Å². The molecule has 0 rings (SSSR count). The minimum Gasteiger partial charge on any atom is -0.466 e. The average Bonchev–Trinajstić information content (AvgIpc) is 2.80. The zero-order valence-corrected chi connectivity index (χ0v) is 22.1. The quantitative estimate of drug-likeness (QED) is 0.0744. The summed E-state index contributed by atoms with van der Waals surface area (Å²) in [4.78, 5) is 11.7. The van der Waals surface area contributed by atoms with Crippen LogP contribution in [-0.4, -0.2) is 12.6 Å². The van der Waals surface area contributed by atoms with Gasteiger partial charge in [0.25, 0.3) is 0 Å². The average molecular weight is 451 g/mol. The minimum atomic E-state index is 0.00907. The molecule has 0 saturated heterocycles. The Hall–Kier alpha value is -0.790. The van der Waals surface area contributed by atoms with Crippen LogP contribution in [0.4, 0.5) is 0 Å². The Morgan fingerprint density at radius 3 is 1.34 bits per heavy atom. The molecule has 0 aliphatic heterocycles. The van der Waals surface area contributed by atoms with Crippen molar-refractivity contribution in [1.29, 1.82) is 0 Å². The standard InChI is InChI=1S/C30H58O2/c1-3-5-7-9-10-11-12-13-14-15-16-17-18-19-20-21-22-23-25-27-29-32-30(31)28-26-24-8-6-4-2/h13-14H,3-12,15-29H2,1-2H3/b14-13-. The van der Waals surface area contributed by atoms with Crippen molar-refractivity contribution in [3.63, 3.8) is 0 Å². The number of esters is 1. The number of hydrogen-bond donors (Lipinski definition) is 0. The number of carbonyl (C=O) groups excluding carboxylic acids is 1. The van der Waals surface area contributed by atoms with Crippen molar-refractivity contribution in [2.45, 2.75) is 168 Å². The van der Waals surface area contributed by atoms with Gasteiger partial charge in [0.15, 0.2) is 0 Å². The van der Waals surface area contributed by atoms with E-state index in [2.05, 4.69) is 26.0 Å². The van der Waals surface area contributed by atoms with Gasteiger partial charge in [-0.05, 0) is 38.5 Å². The van der Waals surface area contributed by atoms with Crippen molar-refractivity contribution in [2.75, 3.05) is 6.61 Å². The highest BCUT2D eigenvalue weighted by Crippen LogP contribution is 2.12. The molecule has 0 atom stereocenters. The van der Waals surface area contributed by atoms with Gasteiger partial charge >= 0.3 is 5.97 Å². The fraction of sp³-hybridized carbons (Fsp3) is 0.900. The zero-order chi connectivity index (χ0) is 23.4. The third-order valence-corrected chi connectivity index (χ3v) is 6.40. The van der Waals surface area contributed by atoms with Gasteiger partial charge in [0.05, 0.1) is 6.61 Å². The maximum absolute atomic E-state index is 11.7. The van der Waals surface area contributed by atoms with E-state index in [1.807, 2.05) is 0 Å². The molecule has 190 valence electrons. The van der Waals surface area contributed by atoms with Crippen LogP contribution in [-0.2, 0) is 9.53 Å². The fourth-order valence-corrected chi connectivity index (χ4v) is 4.19. The van der Waals surface area contributed by atoms with Crippen molar-refractivity contribution in [3.8, 4) is 0 Å². The molecular weight excluding hydrogens is 392 g/mol. The summed E-state index contributed by atoms with van der Waals surface area (Å²) in [5.41, 5.74) is 0. The molecule has 0 bridgehead atoms. The fourth-order valence-electron chi connectivity index (χ4n) is 4.19. The Labute approximate surface area is 202 Å². The molecule has 0 aliphatic rings. The van der Waals surface area contributed by atoms with Crippen molar-refractivity contribution in [1.82, 2.24) is 0 Å². The second-order valence-electron chi connectivity index (χ2n) is 9.74. The van der Waals surface area contributed by atoms with Crippen molar-refractivity contribution < 1.29 is 9.53 Å². The number of hydrogen-bond acceptors (Lipinski definition) is 2. The lowest BCUT2D eigenvalue weighted by Crippen LogP contribution is -2.05. The van der Waals surface area contributed by atoms with E-state index >= 15 is 0 Å². The topological polar surface area (TPSA) is 26.3 Å². The Morgan fingerprint density at radius 1 is 0.500 bits per heavy atom. The summed E-state index contributed by atoms with van der Waals surface area (Å²) in [5.74, 6) is 0.00907. The predicted molar refractivity (Wildman–Crippen MR) is 142 cm³/mol. The summed E-state index contributed by atoms with van der Waals surface area (Å²) < 4.78 is 5.34. The molecule has 0 heterocycles. The second kappa shape index (κ2) is 28.2. The Bertz CT molecular complexity index is 388. The number of allylic oxidation sites excluding steroid dienone is 2. The van der Waals surface area contributed by atoms with Crippen LogP contribution in [0.1, 0.15) is 168 Å². The van der Waals surface area contributed by atoms with Crippen LogP contribution < -0.4 is 0 Å². The van der Waals surface area contributed by atoms with Crippen LogP contribution in [0.2, 0.25) is 0 Å². The van der Waals surface area contributed by atoms with Gasteiger partial charge in [-0.1, -0.05) is 135 Å². The molecule has 0 spiro atoms. The van der Waals surface area contributed by atoms with E-state index in [9.17, 15) is 4.79 Å². The summed E-state index contributed by atoms with van der Waals surface area (Å²) >= 11 is 0. The summed E-state index contributed by atoms with van der Waals surface area (Å²) in [6.07, 6.45) is 35.5. The lowest BCUT2D eigenvalue weighted by Gasteiger charge is -2.05. The Balaban J connectivity index is 3.14. The summed E-state index contributed by atoms with van der Waals surface area (Å²) in [6, 6.07) is 0. The molecule has 0 saturated carbocycles. The number of carbonyl (C=O) groups is 1. The van der Waals surface area contributed by atoms with Crippen LogP contribution in [0, 0.1) is 0 Å². The molecule has 0 radical (unpaired) electrons. The summed E-state index contributed by atoms with van der Waals surface area (Å²) in [7, 11) is 0. The normalized spacial score (nSPS) is 11.4. The van der Waals surface area contributed by atoms with Gasteiger partial charge in [-0.3, -0.25) is 4.79 Å². The van der Waals surface area contributed by atoms with Gasteiger partial charge in [0, 0.05) is 6.42 Å². The van der Waals surface area contributed by atoms with E-state index in [-0.39, 0.29) is 5.97 Å². The van der Waals surface area contributed by atoms with Gasteiger partial charge in [-0.25, -0.2) is 0 Å². The highest BCUT2D eigenvalue weighted by atomic mass is 16.5. The van der Waals surface area contributed by atoms with Crippen LogP contribution in [0.5, 0.6) is 0 Å². The Kier molecular flexibility index (Phi) is 27.5. The molecule has 2 heteroatoms. The predicted octanol–water partition coefficient (Wildman–Crippen LogP) is 10.5. The van der Waals surface area contributed by atoms with E-state index in [1.54, 1.807) is 0 Å². The van der Waals surface area contributed by atoms with Crippen LogP contribution in [0.15, 0.2) is 12.2 Å². The van der Waals surface area contributed by atoms with Crippen LogP contribution >= 0.6 is 0 Å². The zero-order valence-electron chi connectivity index (χ0n) is 22.1. The van der Waals surface area contributed by atoms with Gasteiger partial charge in [-0.15, -0.1) is 0 Å². The molecule has 0 aromatic heterocycles. The highest BCUT2D eigenvalue weighted by Gasteiger charge is 2.02. The third kappa shape index (κ3) is 27.2. The maximum Gasteiger partial charge on any atom is 0.305 e. The first-order chi connectivity index (χ1) is 15.8. The third-order valence-electron chi connectivity index (χ3n) is 6.40. The number of rotatable bonds is 26. The number of unbranched alkanes of at least 4 members (excludes halogenated alkanes) is 20. The van der Waals surface area contributed by atoms with Crippen LogP contribution in [0.25, 0.3) is 0 Å². The second-order valence-corrected chi connectivity index (χ2v) is 9.74. The first-order valence-corrected chi connectivity index (χ1v) is 14.6. The van der Waals surface area contributed by atoms with Crippen LogP contribution in [0.3, 0.4) is 0 Å². The smallest absolute Gasteiger partial charge is 0.305 e. The molecule has 0 aromatic rings. The largest absolute Gasteiger partial charge is 0.466 e. The summed E-state index contributed by atoms with van der Waals surface area (Å²) in [6.45, 7) is 5.12. The molecule has 0 aliphatic carbocycles. The molecular formula is C30H58O2. The first kappa shape index (κ1) is 31.2. The molecule has 2 nitrogen and oxygen atoms in total. The minimum absolute atomic E-state index is 0.00907. The maximum atomic E-state index is 11.7.